The van der Waals surface area contributed by atoms with E-state index in [1.807, 2.05) is 30.3 Å². The van der Waals surface area contributed by atoms with Gasteiger partial charge in [0.25, 0.3) is 0 Å². The van der Waals surface area contributed by atoms with Crippen molar-refractivity contribution in [1.82, 2.24) is 4.90 Å². The molecule has 1 rings (SSSR count). The van der Waals surface area contributed by atoms with Gasteiger partial charge in [0.05, 0.1) is 13.2 Å². The predicted octanol–water partition coefficient (Wildman–Crippen LogP) is 2.42. The predicted molar refractivity (Wildman–Crippen MR) is 70.5 cm³/mol. The number of nitrogens with zero attached hydrogens (tertiary/aromatic N) is 1. The minimum atomic E-state index is 0.613. The van der Waals surface area contributed by atoms with Crippen LogP contribution in [0.1, 0.15) is 13.8 Å². The van der Waals surface area contributed by atoms with Crippen molar-refractivity contribution < 1.29 is 9.47 Å². The molecule has 3 heteroatoms. The van der Waals surface area contributed by atoms with E-state index < -0.39 is 0 Å². The second kappa shape index (κ2) is 9.02. The van der Waals surface area contributed by atoms with E-state index >= 15 is 0 Å². The number of benzene rings is 1. The first-order valence-corrected chi connectivity index (χ1v) is 6.34. The van der Waals surface area contributed by atoms with Crippen molar-refractivity contribution in [1.29, 1.82) is 0 Å². The van der Waals surface area contributed by atoms with Gasteiger partial charge in [0.2, 0.25) is 0 Å². The summed E-state index contributed by atoms with van der Waals surface area (Å²) >= 11 is 0. The fourth-order valence-electron chi connectivity index (χ4n) is 1.57. The van der Waals surface area contributed by atoms with Crippen LogP contribution < -0.4 is 4.74 Å². The van der Waals surface area contributed by atoms with Gasteiger partial charge in [-0.1, -0.05) is 32.0 Å². The van der Waals surface area contributed by atoms with Crippen LogP contribution in [0.5, 0.6) is 5.75 Å². The molecule has 96 valence electrons. The van der Waals surface area contributed by atoms with Crippen LogP contribution in [-0.2, 0) is 4.74 Å². The maximum Gasteiger partial charge on any atom is 0.119 e. The zero-order valence-corrected chi connectivity index (χ0v) is 10.9. The molecule has 0 bridgehead atoms. The van der Waals surface area contributed by atoms with Gasteiger partial charge < -0.3 is 14.4 Å². The molecule has 0 saturated heterocycles. The van der Waals surface area contributed by atoms with Gasteiger partial charge in [0.15, 0.2) is 0 Å². The molecule has 0 amide bonds. The molecule has 0 atom stereocenters. The van der Waals surface area contributed by atoms with E-state index in [-0.39, 0.29) is 0 Å². The summed E-state index contributed by atoms with van der Waals surface area (Å²) in [6.07, 6.45) is 0. The van der Waals surface area contributed by atoms with Gasteiger partial charge in [0.1, 0.15) is 12.4 Å². The number of ether oxygens (including phenoxy) is 2. The molecule has 0 heterocycles. The van der Waals surface area contributed by atoms with E-state index in [4.69, 9.17) is 9.47 Å². The molecule has 0 aliphatic carbocycles. The SMILES string of the molecule is CCN(CC)CCOCCOc1ccccc1. The van der Waals surface area contributed by atoms with E-state index in [9.17, 15) is 0 Å². The van der Waals surface area contributed by atoms with Crippen molar-refractivity contribution in [2.45, 2.75) is 13.8 Å². The number of para-hydroxylation sites is 1. The van der Waals surface area contributed by atoms with Crippen LogP contribution in [0.2, 0.25) is 0 Å². The lowest BCUT2D eigenvalue weighted by atomic mass is 10.3. The van der Waals surface area contributed by atoms with Gasteiger partial charge in [0, 0.05) is 6.54 Å². The van der Waals surface area contributed by atoms with E-state index in [1.54, 1.807) is 0 Å². The average Bonchev–Trinajstić information content (AvgIpc) is 2.39. The topological polar surface area (TPSA) is 21.7 Å². The van der Waals surface area contributed by atoms with Crippen molar-refractivity contribution in [3.8, 4) is 5.75 Å². The summed E-state index contributed by atoms with van der Waals surface area (Å²) < 4.78 is 11.0. The highest BCUT2D eigenvalue weighted by atomic mass is 16.5. The summed E-state index contributed by atoms with van der Waals surface area (Å²) in [5.41, 5.74) is 0. The molecule has 0 spiro atoms. The largest absolute Gasteiger partial charge is 0.491 e. The first kappa shape index (κ1) is 14.0. The first-order valence-electron chi connectivity index (χ1n) is 6.34. The third kappa shape index (κ3) is 6.29. The Bertz CT molecular complexity index is 273. The Balaban J connectivity index is 1.98. The van der Waals surface area contributed by atoms with Gasteiger partial charge in [-0.3, -0.25) is 0 Å². The van der Waals surface area contributed by atoms with E-state index in [0.717, 1.165) is 32.0 Å². The maximum atomic E-state index is 5.53. The van der Waals surface area contributed by atoms with Crippen molar-refractivity contribution in [3.05, 3.63) is 30.3 Å². The van der Waals surface area contributed by atoms with Crippen LogP contribution in [0.3, 0.4) is 0 Å². The van der Waals surface area contributed by atoms with Gasteiger partial charge in [-0.25, -0.2) is 0 Å². The summed E-state index contributed by atoms with van der Waals surface area (Å²) in [4.78, 5) is 2.35. The van der Waals surface area contributed by atoms with Crippen molar-refractivity contribution in [2.75, 3.05) is 39.5 Å². The Hall–Kier alpha value is -1.06. The summed E-state index contributed by atoms with van der Waals surface area (Å²) in [5, 5.41) is 0. The molecule has 0 aliphatic heterocycles. The van der Waals surface area contributed by atoms with Crippen LogP contribution in [-0.4, -0.2) is 44.4 Å². The lowest BCUT2D eigenvalue weighted by Crippen LogP contribution is -2.27. The summed E-state index contributed by atoms with van der Waals surface area (Å²) in [7, 11) is 0. The average molecular weight is 237 g/mol. The number of likely N-dealkylation sites (N-methyl/N-ethyl adjacent to an activating group) is 1. The van der Waals surface area contributed by atoms with Crippen LogP contribution in [0.15, 0.2) is 30.3 Å². The van der Waals surface area contributed by atoms with Crippen LogP contribution >= 0.6 is 0 Å². The van der Waals surface area contributed by atoms with Gasteiger partial charge in [-0.15, -0.1) is 0 Å². The second-order valence-electron chi connectivity index (χ2n) is 3.80. The highest BCUT2D eigenvalue weighted by molar-refractivity contribution is 5.20. The summed E-state index contributed by atoms with van der Waals surface area (Å²) in [6, 6.07) is 9.83. The molecule has 1 aromatic carbocycles. The molecule has 1 aromatic rings. The molecule has 0 N–H and O–H groups in total. The Morgan fingerprint density at radius 1 is 0.941 bits per heavy atom. The van der Waals surface area contributed by atoms with Gasteiger partial charge in [-0.05, 0) is 25.2 Å². The van der Waals surface area contributed by atoms with Crippen molar-refractivity contribution >= 4 is 0 Å². The lowest BCUT2D eigenvalue weighted by Gasteiger charge is -2.17. The Labute approximate surface area is 104 Å². The molecule has 0 fully saturated rings. The Morgan fingerprint density at radius 3 is 2.29 bits per heavy atom. The molecular weight excluding hydrogens is 214 g/mol. The van der Waals surface area contributed by atoms with Crippen LogP contribution in [0, 0.1) is 0 Å². The quantitative estimate of drug-likeness (QED) is 0.616. The Kier molecular flexibility index (Phi) is 7.43. The van der Waals surface area contributed by atoms with Gasteiger partial charge in [-0.2, -0.15) is 0 Å². The minimum absolute atomic E-state index is 0.613. The van der Waals surface area contributed by atoms with Gasteiger partial charge >= 0.3 is 0 Å². The maximum absolute atomic E-state index is 5.53. The number of rotatable bonds is 9. The van der Waals surface area contributed by atoms with Crippen molar-refractivity contribution in [2.24, 2.45) is 0 Å². The summed E-state index contributed by atoms with van der Waals surface area (Å²) in [6.45, 7) is 9.54. The highest BCUT2D eigenvalue weighted by Gasteiger charge is 1.98. The molecule has 0 unspecified atom stereocenters. The molecule has 3 nitrogen and oxygen atoms in total. The van der Waals surface area contributed by atoms with Crippen molar-refractivity contribution in [3.63, 3.8) is 0 Å². The molecular formula is C14H23NO2. The molecule has 0 aromatic heterocycles. The zero-order valence-electron chi connectivity index (χ0n) is 10.9. The van der Waals surface area contributed by atoms with Crippen LogP contribution in [0.4, 0.5) is 0 Å². The van der Waals surface area contributed by atoms with E-state index in [0.29, 0.717) is 13.2 Å². The second-order valence-corrected chi connectivity index (χ2v) is 3.80. The Morgan fingerprint density at radius 2 is 1.65 bits per heavy atom. The minimum Gasteiger partial charge on any atom is -0.491 e. The lowest BCUT2D eigenvalue weighted by molar-refractivity contribution is 0.0819. The molecule has 0 aliphatic rings. The number of hydrogen-bond acceptors (Lipinski definition) is 3. The first-order chi connectivity index (χ1) is 8.36. The third-order valence-electron chi connectivity index (χ3n) is 2.69. The standard InChI is InChI=1S/C14H23NO2/c1-3-15(4-2)10-11-16-12-13-17-14-8-6-5-7-9-14/h5-9H,3-4,10-13H2,1-2H3. The molecule has 17 heavy (non-hydrogen) atoms. The third-order valence-corrected chi connectivity index (χ3v) is 2.69. The fourth-order valence-corrected chi connectivity index (χ4v) is 1.57. The monoisotopic (exact) mass is 237 g/mol. The summed E-state index contributed by atoms with van der Waals surface area (Å²) in [5.74, 6) is 0.903. The fraction of sp³-hybridized carbons (Fsp3) is 0.571. The zero-order chi connectivity index (χ0) is 12.3. The smallest absolute Gasteiger partial charge is 0.119 e. The van der Waals surface area contributed by atoms with E-state index in [1.165, 1.54) is 0 Å². The van der Waals surface area contributed by atoms with E-state index in [2.05, 4.69) is 18.7 Å². The molecule has 0 radical (unpaired) electrons. The normalized spacial score (nSPS) is 10.8. The highest BCUT2D eigenvalue weighted by Crippen LogP contribution is 2.07. The van der Waals surface area contributed by atoms with Crippen LogP contribution in [0.25, 0.3) is 0 Å². The molecule has 0 saturated carbocycles. The number of hydrogen-bond donors (Lipinski definition) is 0.